The molecule has 0 aromatic carbocycles. The summed E-state index contributed by atoms with van der Waals surface area (Å²) >= 11 is 0. The average molecular weight is 371 g/mol. The maximum atomic E-state index is 13.0. The second-order valence-corrected chi connectivity index (χ2v) is 7.63. The highest BCUT2D eigenvalue weighted by Crippen LogP contribution is 2.36. The van der Waals surface area contributed by atoms with E-state index in [4.69, 9.17) is 4.74 Å². The first-order valence-corrected chi connectivity index (χ1v) is 9.43. The van der Waals surface area contributed by atoms with Crippen molar-refractivity contribution in [3.8, 4) is 5.95 Å². The van der Waals surface area contributed by atoms with Gasteiger partial charge in [0.05, 0.1) is 11.8 Å². The lowest BCUT2D eigenvalue weighted by Crippen LogP contribution is -2.40. The van der Waals surface area contributed by atoms with Gasteiger partial charge in [-0.2, -0.15) is 0 Å². The van der Waals surface area contributed by atoms with Crippen molar-refractivity contribution in [1.82, 2.24) is 24.8 Å². The topological polar surface area (TPSA) is 102 Å². The van der Waals surface area contributed by atoms with Crippen LogP contribution in [-0.2, 0) is 16.8 Å². The molecule has 27 heavy (non-hydrogen) atoms. The van der Waals surface area contributed by atoms with Crippen LogP contribution in [-0.4, -0.2) is 49.8 Å². The number of imidazole rings is 1. The largest absolute Gasteiger partial charge is 0.384 e. The number of carbonyl (C=O) groups excluding carboxylic acids is 1. The van der Waals surface area contributed by atoms with E-state index in [1.54, 1.807) is 37.3 Å². The highest BCUT2D eigenvalue weighted by atomic mass is 16.5. The van der Waals surface area contributed by atoms with Gasteiger partial charge in [-0.3, -0.25) is 9.36 Å². The number of hydrogen-bond acceptors (Lipinski definition) is 6. The van der Waals surface area contributed by atoms with Crippen LogP contribution in [0.25, 0.3) is 5.95 Å². The van der Waals surface area contributed by atoms with Crippen molar-refractivity contribution in [2.75, 3.05) is 7.11 Å². The lowest BCUT2D eigenvalue weighted by molar-refractivity contribution is 0.0552. The quantitative estimate of drug-likeness (QED) is 0.844. The first-order valence-electron chi connectivity index (χ1n) is 9.43. The summed E-state index contributed by atoms with van der Waals surface area (Å²) in [4.78, 5) is 26.1. The van der Waals surface area contributed by atoms with Gasteiger partial charge in [0.15, 0.2) is 0 Å². The third kappa shape index (κ3) is 3.46. The van der Waals surface area contributed by atoms with Crippen LogP contribution in [0, 0.1) is 0 Å². The zero-order chi connectivity index (χ0) is 19.0. The Morgan fingerprint density at radius 1 is 1.33 bits per heavy atom. The summed E-state index contributed by atoms with van der Waals surface area (Å²) in [6.07, 6.45) is 10.0. The molecule has 2 aromatic rings. The minimum Gasteiger partial charge on any atom is -0.384 e. The Balaban J connectivity index is 1.63. The zero-order valence-electron chi connectivity index (χ0n) is 15.7. The third-order valence-corrected chi connectivity index (χ3v) is 5.66. The molecule has 0 aliphatic heterocycles. The zero-order valence-corrected chi connectivity index (χ0v) is 15.7. The summed E-state index contributed by atoms with van der Waals surface area (Å²) in [5.74, 6) is 0.148. The predicted octanol–water partition coefficient (Wildman–Crippen LogP) is 1.50. The second-order valence-electron chi connectivity index (χ2n) is 7.63. The molecule has 144 valence electrons. The van der Waals surface area contributed by atoms with Crippen molar-refractivity contribution in [3.05, 3.63) is 35.7 Å². The van der Waals surface area contributed by atoms with E-state index in [0.29, 0.717) is 30.2 Å². The Labute approximate surface area is 158 Å². The molecule has 4 rings (SSSR count). The monoisotopic (exact) mass is 371 g/mol. The molecule has 2 aliphatic rings. The van der Waals surface area contributed by atoms with E-state index in [2.05, 4.69) is 20.3 Å². The van der Waals surface area contributed by atoms with Crippen molar-refractivity contribution in [1.29, 1.82) is 0 Å². The first-order chi connectivity index (χ1) is 13.0. The molecule has 1 unspecified atom stereocenters. The lowest BCUT2D eigenvalue weighted by atomic mass is 9.93. The standard InChI is InChI=1S/C19H25N5O3/c1-19(26)8-7-14-15(17(25)21-12-3-5-13(27-2)6-4-12)22-18(23-16(14)19)24-10-9-20-11-24/h9-13,26H,3-8H2,1-2H3,(H,21,25). The van der Waals surface area contributed by atoms with Gasteiger partial charge in [-0.15, -0.1) is 0 Å². The fourth-order valence-corrected chi connectivity index (χ4v) is 4.02. The highest BCUT2D eigenvalue weighted by molar-refractivity contribution is 5.94. The van der Waals surface area contributed by atoms with Crippen molar-refractivity contribution in [2.45, 2.75) is 63.2 Å². The Hall–Kier alpha value is -2.32. The minimum absolute atomic E-state index is 0.119. The molecule has 2 N–H and O–H groups in total. The SMILES string of the molecule is COC1CCC(NC(=O)c2nc(-n3ccnc3)nc3c2CCC3(C)O)CC1. The van der Waals surface area contributed by atoms with Crippen LogP contribution in [0.2, 0.25) is 0 Å². The van der Waals surface area contributed by atoms with Crippen LogP contribution in [0.1, 0.15) is 60.8 Å². The third-order valence-electron chi connectivity index (χ3n) is 5.66. The van der Waals surface area contributed by atoms with E-state index in [1.165, 1.54) is 0 Å². The van der Waals surface area contributed by atoms with E-state index in [1.807, 2.05) is 0 Å². The molecule has 0 radical (unpaired) electrons. The van der Waals surface area contributed by atoms with Gasteiger partial charge in [0.25, 0.3) is 5.91 Å². The lowest BCUT2D eigenvalue weighted by Gasteiger charge is -2.28. The van der Waals surface area contributed by atoms with Crippen molar-refractivity contribution >= 4 is 5.91 Å². The van der Waals surface area contributed by atoms with Gasteiger partial charge < -0.3 is 15.2 Å². The predicted molar refractivity (Wildman–Crippen MR) is 97.6 cm³/mol. The number of aromatic nitrogens is 4. The molecule has 2 aromatic heterocycles. The Morgan fingerprint density at radius 3 is 2.78 bits per heavy atom. The Bertz CT molecular complexity index is 826. The summed E-state index contributed by atoms with van der Waals surface area (Å²) in [6, 6.07) is 0.119. The Kier molecular flexibility index (Phi) is 4.69. The number of rotatable bonds is 4. The molecule has 0 spiro atoms. The number of ether oxygens (including phenoxy) is 1. The number of aliphatic hydroxyl groups is 1. The van der Waals surface area contributed by atoms with Crippen LogP contribution in [0.5, 0.6) is 0 Å². The van der Waals surface area contributed by atoms with Gasteiger partial charge in [0.1, 0.15) is 17.6 Å². The van der Waals surface area contributed by atoms with Gasteiger partial charge in [-0.25, -0.2) is 15.0 Å². The molecular formula is C19H25N5O3. The first kappa shape index (κ1) is 18.1. The summed E-state index contributed by atoms with van der Waals surface area (Å²) < 4.78 is 7.05. The molecule has 1 amide bonds. The number of nitrogens with one attached hydrogen (secondary N) is 1. The number of hydrogen-bond donors (Lipinski definition) is 2. The molecule has 8 heteroatoms. The van der Waals surface area contributed by atoms with E-state index in [9.17, 15) is 9.90 Å². The maximum absolute atomic E-state index is 13.0. The number of methoxy groups -OCH3 is 1. The number of carbonyl (C=O) groups is 1. The fraction of sp³-hybridized carbons (Fsp3) is 0.579. The van der Waals surface area contributed by atoms with Crippen molar-refractivity contribution in [2.24, 2.45) is 0 Å². The fourth-order valence-electron chi connectivity index (χ4n) is 4.02. The molecule has 2 heterocycles. The smallest absolute Gasteiger partial charge is 0.270 e. The highest BCUT2D eigenvalue weighted by Gasteiger charge is 2.38. The summed E-state index contributed by atoms with van der Waals surface area (Å²) in [5, 5.41) is 13.8. The van der Waals surface area contributed by atoms with Crippen LogP contribution in [0.3, 0.4) is 0 Å². The molecular weight excluding hydrogens is 346 g/mol. The average Bonchev–Trinajstić information content (AvgIpc) is 3.30. The molecule has 1 atom stereocenters. The van der Waals surface area contributed by atoms with E-state index >= 15 is 0 Å². The van der Waals surface area contributed by atoms with Crippen LogP contribution >= 0.6 is 0 Å². The van der Waals surface area contributed by atoms with Gasteiger partial charge in [0.2, 0.25) is 5.95 Å². The van der Waals surface area contributed by atoms with Crippen LogP contribution in [0.15, 0.2) is 18.7 Å². The molecule has 8 nitrogen and oxygen atoms in total. The number of fused-ring (bicyclic) bond motifs is 1. The minimum atomic E-state index is -1.06. The molecule has 0 saturated heterocycles. The van der Waals surface area contributed by atoms with Gasteiger partial charge in [0, 0.05) is 31.1 Å². The Morgan fingerprint density at radius 2 is 2.11 bits per heavy atom. The van der Waals surface area contributed by atoms with Crippen molar-refractivity contribution < 1.29 is 14.6 Å². The number of amides is 1. The van der Waals surface area contributed by atoms with E-state index < -0.39 is 5.60 Å². The molecule has 0 bridgehead atoms. The molecule has 1 saturated carbocycles. The van der Waals surface area contributed by atoms with E-state index in [0.717, 1.165) is 31.2 Å². The van der Waals surface area contributed by atoms with Crippen LogP contribution < -0.4 is 5.32 Å². The summed E-state index contributed by atoms with van der Waals surface area (Å²) in [7, 11) is 1.73. The molecule has 1 fully saturated rings. The van der Waals surface area contributed by atoms with Gasteiger partial charge >= 0.3 is 0 Å². The number of nitrogens with zero attached hydrogens (tertiary/aromatic N) is 4. The van der Waals surface area contributed by atoms with Gasteiger partial charge in [-0.05, 0) is 45.4 Å². The van der Waals surface area contributed by atoms with Crippen molar-refractivity contribution in [3.63, 3.8) is 0 Å². The van der Waals surface area contributed by atoms with Gasteiger partial charge in [-0.1, -0.05) is 0 Å². The normalized spacial score (nSPS) is 27.4. The summed E-state index contributed by atoms with van der Waals surface area (Å²) in [5.41, 5.74) is 0.579. The van der Waals surface area contributed by atoms with E-state index in [-0.39, 0.29) is 18.1 Å². The summed E-state index contributed by atoms with van der Waals surface area (Å²) in [6.45, 7) is 1.73. The molecule has 2 aliphatic carbocycles. The second kappa shape index (κ2) is 7.01. The van der Waals surface area contributed by atoms with Crippen LogP contribution in [0.4, 0.5) is 0 Å². The maximum Gasteiger partial charge on any atom is 0.270 e.